The number of hydrogen-bond donors (Lipinski definition) is 3. The van der Waals surface area contributed by atoms with Crippen molar-refractivity contribution >= 4 is 17.3 Å². The first kappa shape index (κ1) is 17.3. The number of amides is 1. The highest BCUT2D eigenvalue weighted by molar-refractivity contribution is 6.04. The van der Waals surface area contributed by atoms with Crippen molar-refractivity contribution in [2.75, 3.05) is 36.4 Å². The van der Waals surface area contributed by atoms with Gasteiger partial charge < -0.3 is 15.5 Å². The van der Waals surface area contributed by atoms with Crippen LogP contribution in [0.15, 0.2) is 60.7 Å². The third-order valence-corrected chi connectivity index (χ3v) is 4.71. The number of aromatic amines is 1. The highest BCUT2D eigenvalue weighted by Crippen LogP contribution is 2.26. The van der Waals surface area contributed by atoms with E-state index in [-0.39, 0.29) is 5.91 Å². The maximum atomic E-state index is 12.7. The van der Waals surface area contributed by atoms with Crippen LogP contribution in [-0.2, 0) is 6.42 Å². The van der Waals surface area contributed by atoms with Gasteiger partial charge in [-0.1, -0.05) is 42.5 Å². The van der Waals surface area contributed by atoms with Gasteiger partial charge in [0.25, 0.3) is 5.91 Å². The fourth-order valence-electron chi connectivity index (χ4n) is 3.33. The first-order valence-corrected chi connectivity index (χ1v) is 9.24. The molecule has 0 saturated carbocycles. The van der Waals surface area contributed by atoms with E-state index in [4.69, 9.17) is 0 Å². The number of nitrogens with one attached hydrogen (secondary N) is 3. The normalized spacial score (nSPS) is 14.1. The van der Waals surface area contributed by atoms with Crippen LogP contribution in [0.5, 0.6) is 0 Å². The topological polar surface area (TPSA) is 73.1 Å². The van der Waals surface area contributed by atoms with E-state index >= 15 is 0 Å². The molecule has 2 aromatic carbocycles. The number of H-pyrrole nitrogens is 1. The van der Waals surface area contributed by atoms with Crippen molar-refractivity contribution in [2.45, 2.75) is 6.42 Å². The molecule has 27 heavy (non-hydrogen) atoms. The Morgan fingerprint density at radius 3 is 2.59 bits per heavy atom. The van der Waals surface area contributed by atoms with E-state index < -0.39 is 0 Å². The average molecular weight is 361 g/mol. The van der Waals surface area contributed by atoms with Crippen molar-refractivity contribution in [3.63, 3.8) is 0 Å². The third kappa shape index (κ3) is 4.17. The van der Waals surface area contributed by atoms with E-state index in [1.165, 1.54) is 5.56 Å². The summed E-state index contributed by atoms with van der Waals surface area (Å²) in [6, 6.07) is 19.9. The summed E-state index contributed by atoms with van der Waals surface area (Å²) in [6.07, 6.45) is 0.721. The molecule has 0 atom stereocenters. The van der Waals surface area contributed by atoms with Gasteiger partial charge in [-0.2, -0.15) is 5.10 Å². The van der Waals surface area contributed by atoms with Crippen molar-refractivity contribution in [2.24, 2.45) is 0 Å². The van der Waals surface area contributed by atoms with Crippen LogP contribution in [0.1, 0.15) is 21.7 Å². The molecule has 6 heteroatoms. The summed E-state index contributed by atoms with van der Waals surface area (Å²) < 4.78 is 0. The summed E-state index contributed by atoms with van der Waals surface area (Å²) in [5.74, 6) is -0.201. The van der Waals surface area contributed by atoms with Crippen molar-refractivity contribution in [1.82, 2.24) is 15.5 Å². The standard InChI is InChI=1S/C21H23N5O/c27-21(19-15-17(24-25-19)14-16-6-2-1-3-7-16)23-18-8-4-5-9-20(18)26-12-10-22-11-13-26/h1-9,15,22H,10-14H2,(H,23,27)(H,24,25). The number of hydrogen-bond acceptors (Lipinski definition) is 4. The van der Waals surface area contributed by atoms with Crippen molar-refractivity contribution in [3.8, 4) is 0 Å². The zero-order chi connectivity index (χ0) is 18.5. The molecule has 4 rings (SSSR count). The smallest absolute Gasteiger partial charge is 0.276 e. The summed E-state index contributed by atoms with van der Waals surface area (Å²) in [5, 5.41) is 13.5. The van der Waals surface area contributed by atoms with E-state index in [0.717, 1.165) is 49.7 Å². The number of aromatic nitrogens is 2. The Morgan fingerprint density at radius 2 is 1.78 bits per heavy atom. The second-order valence-electron chi connectivity index (χ2n) is 6.65. The van der Waals surface area contributed by atoms with Crippen molar-refractivity contribution in [3.05, 3.63) is 77.6 Å². The number of anilines is 2. The predicted molar refractivity (Wildman–Crippen MR) is 107 cm³/mol. The molecule has 1 aliphatic heterocycles. The van der Waals surface area contributed by atoms with Crippen LogP contribution in [-0.4, -0.2) is 42.3 Å². The van der Waals surface area contributed by atoms with Gasteiger partial charge in [0.1, 0.15) is 0 Å². The van der Waals surface area contributed by atoms with Crippen molar-refractivity contribution in [1.29, 1.82) is 0 Å². The summed E-state index contributed by atoms with van der Waals surface area (Å²) in [7, 11) is 0. The van der Waals surface area contributed by atoms with Gasteiger partial charge in [-0.15, -0.1) is 0 Å². The molecule has 1 fully saturated rings. The Labute approximate surface area is 158 Å². The lowest BCUT2D eigenvalue weighted by atomic mass is 10.1. The second-order valence-corrected chi connectivity index (χ2v) is 6.65. The predicted octanol–water partition coefficient (Wildman–Crippen LogP) is 2.66. The molecule has 0 aliphatic carbocycles. The Balaban J connectivity index is 1.47. The fourth-order valence-corrected chi connectivity index (χ4v) is 3.33. The van der Waals surface area contributed by atoms with Crippen LogP contribution in [0, 0.1) is 0 Å². The van der Waals surface area contributed by atoms with E-state index in [9.17, 15) is 4.79 Å². The van der Waals surface area contributed by atoms with Gasteiger partial charge >= 0.3 is 0 Å². The molecule has 1 aliphatic rings. The second kappa shape index (κ2) is 8.05. The molecular weight excluding hydrogens is 338 g/mol. The molecule has 0 bridgehead atoms. The molecule has 138 valence electrons. The highest BCUT2D eigenvalue weighted by Gasteiger charge is 2.17. The van der Waals surface area contributed by atoms with Gasteiger partial charge in [0.05, 0.1) is 11.4 Å². The maximum absolute atomic E-state index is 12.7. The van der Waals surface area contributed by atoms with Gasteiger partial charge in [0, 0.05) is 38.3 Å². The maximum Gasteiger partial charge on any atom is 0.276 e. The SMILES string of the molecule is O=C(Nc1ccccc1N1CCNCC1)c1cc(Cc2ccccc2)[nH]n1. The molecule has 3 aromatic rings. The summed E-state index contributed by atoms with van der Waals surface area (Å²) >= 11 is 0. The Morgan fingerprint density at radius 1 is 1.04 bits per heavy atom. The number of nitrogens with zero attached hydrogens (tertiary/aromatic N) is 2. The minimum absolute atomic E-state index is 0.201. The number of piperazine rings is 1. The molecule has 0 unspecified atom stereocenters. The van der Waals surface area contributed by atoms with Crippen LogP contribution in [0.4, 0.5) is 11.4 Å². The van der Waals surface area contributed by atoms with E-state index in [1.54, 1.807) is 0 Å². The molecule has 2 heterocycles. The quantitative estimate of drug-likeness (QED) is 0.653. The summed E-state index contributed by atoms with van der Waals surface area (Å²) in [4.78, 5) is 15.0. The van der Waals surface area contributed by atoms with Crippen LogP contribution in [0.25, 0.3) is 0 Å². The highest BCUT2D eigenvalue weighted by atomic mass is 16.1. The molecule has 6 nitrogen and oxygen atoms in total. The van der Waals surface area contributed by atoms with Crippen molar-refractivity contribution < 1.29 is 4.79 Å². The fraction of sp³-hybridized carbons (Fsp3) is 0.238. The van der Waals surface area contributed by atoms with Crippen LogP contribution in [0.3, 0.4) is 0 Å². The third-order valence-electron chi connectivity index (χ3n) is 4.71. The first-order valence-electron chi connectivity index (χ1n) is 9.24. The lowest BCUT2D eigenvalue weighted by Gasteiger charge is -2.31. The number of carbonyl (C=O) groups excluding carboxylic acids is 1. The molecule has 1 aromatic heterocycles. The van der Waals surface area contributed by atoms with Gasteiger partial charge in [0.15, 0.2) is 5.69 Å². The number of carbonyl (C=O) groups is 1. The Bertz CT molecular complexity index is 900. The van der Waals surface area contributed by atoms with Gasteiger partial charge in [0.2, 0.25) is 0 Å². The monoisotopic (exact) mass is 361 g/mol. The van der Waals surface area contributed by atoms with Gasteiger partial charge in [-0.05, 0) is 23.8 Å². The van der Waals surface area contributed by atoms with Crippen LogP contribution in [0.2, 0.25) is 0 Å². The first-order chi connectivity index (χ1) is 13.3. The number of para-hydroxylation sites is 2. The minimum Gasteiger partial charge on any atom is -0.367 e. The molecule has 3 N–H and O–H groups in total. The molecule has 0 radical (unpaired) electrons. The number of rotatable bonds is 5. The molecule has 1 amide bonds. The summed E-state index contributed by atoms with van der Waals surface area (Å²) in [5.41, 5.74) is 4.36. The largest absolute Gasteiger partial charge is 0.367 e. The lowest BCUT2D eigenvalue weighted by molar-refractivity contribution is 0.102. The molecular formula is C21H23N5O. The zero-order valence-corrected chi connectivity index (χ0v) is 15.1. The summed E-state index contributed by atoms with van der Waals surface area (Å²) in [6.45, 7) is 3.75. The molecule has 0 spiro atoms. The van der Waals surface area contributed by atoms with E-state index in [1.807, 2.05) is 48.5 Å². The zero-order valence-electron chi connectivity index (χ0n) is 15.1. The Kier molecular flexibility index (Phi) is 5.16. The lowest BCUT2D eigenvalue weighted by Crippen LogP contribution is -2.43. The van der Waals surface area contributed by atoms with E-state index in [0.29, 0.717) is 5.69 Å². The van der Waals surface area contributed by atoms with E-state index in [2.05, 4.69) is 37.9 Å². The van der Waals surface area contributed by atoms with Crippen LogP contribution < -0.4 is 15.5 Å². The van der Waals surface area contributed by atoms with Gasteiger partial charge in [-0.25, -0.2) is 0 Å². The number of benzene rings is 2. The minimum atomic E-state index is -0.201. The van der Waals surface area contributed by atoms with Crippen LogP contribution >= 0.6 is 0 Å². The van der Waals surface area contributed by atoms with Gasteiger partial charge in [-0.3, -0.25) is 9.89 Å². The molecule has 1 saturated heterocycles. The Hall–Kier alpha value is -3.12. The average Bonchev–Trinajstić information content (AvgIpc) is 3.18.